The van der Waals surface area contributed by atoms with E-state index in [1.807, 2.05) is 12.1 Å². The van der Waals surface area contributed by atoms with Crippen molar-refractivity contribution >= 4 is 53.5 Å². The van der Waals surface area contributed by atoms with Crippen LogP contribution in [0.4, 0.5) is 5.69 Å². The van der Waals surface area contributed by atoms with E-state index in [0.29, 0.717) is 12.2 Å². The van der Waals surface area contributed by atoms with Crippen molar-refractivity contribution in [3.05, 3.63) is 25.6 Å². The highest BCUT2D eigenvalue weighted by Gasteiger charge is 2.39. The number of hydrogen-bond donors (Lipinski definition) is 0. The molecule has 1 aromatic carbocycles. The molecule has 1 aliphatic heterocycles. The van der Waals surface area contributed by atoms with Gasteiger partial charge in [0.15, 0.2) is 0 Å². The second kappa shape index (κ2) is 6.22. The third-order valence-corrected chi connectivity index (χ3v) is 4.50. The van der Waals surface area contributed by atoms with Crippen molar-refractivity contribution < 1.29 is 9.94 Å². The van der Waals surface area contributed by atoms with Crippen LogP contribution in [-0.4, -0.2) is 18.8 Å². The Balaban J connectivity index is 2.03. The van der Waals surface area contributed by atoms with E-state index >= 15 is 0 Å². The molecule has 1 saturated heterocycles. The van der Waals surface area contributed by atoms with E-state index in [-0.39, 0.29) is 12.2 Å². The van der Waals surface area contributed by atoms with E-state index in [0.717, 1.165) is 31.3 Å². The molecule has 0 saturated carbocycles. The predicted molar refractivity (Wildman–Crippen MR) is 81.1 cm³/mol. The van der Waals surface area contributed by atoms with Gasteiger partial charge >= 0.3 is 0 Å². The van der Waals surface area contributed by atoms with Gasteiger partial charge in [0.05, 0.1) is 18.3 Å². The maximum Gasteiger partial charge on any atom is 0.104 e. The fraction of sp³-hybridized carbons (Fsp3) is 0.500. The van der Waals surface area contributed by atoms with Gasteiger partial charge in [-0.05, 0) is 50.4 Å². The Morgan fingerprint density at radius 1 is 1.22 bits per heavy atom. The van der Waals surface area contributed by atoms with Gasteiger partial charge in [-0.1, -0.05) is 34.5 Å². The number of epoxide rings is 1. The number of halogens is 3. The number of nitrogens with zero attached hydrogens (tertiary/aromatic N) is 1. The Morgan fingerprint density at radius 3 is 2.39 bits per heavy atom. The van der Waals surface area contributed by atoms with Crippen molar-refractivity contribution in [3.63, 3.8) is 0 Å². The largest absolute Gasteiger partial charge is 0.368 e. The molecule has 0 bridgehead atoms. The molecule has 2 unspecified atom stereocenters. The third kappa shape index (κ3) is 3.48. The minimum absolute atomic E-state index is 0.0740. The molecule has 1 aromatic rings. The standard InChI is InChI=1S/C12H13Br3NO2/c1-2-3-10-11(18-10)6-16(17)12-8(14)4-7(13)5-9(12)15/h4-5,10-11H,2-3,6H2,1H3. The Hall–Kier alpha value is 0.380. The number of rotatable bonds is 5. The van der Waals surface area contributed by atoms with Crippen molar-refractivity contribution in [2.45, 2.75) is 32.0 Å². The Kier molecular flexibility index (Phi) is 5.11. The van der Waals surface area contributed by atoms with Gasteiger partial charge in [-0.15, -0.1) is 0 Å². The van der Waals surface area contributed by atoms with Gasteiger partial charge in [0.1, 0.15) is 6.10 Å². The maximum absolute atomic E-state index is 12.2. The molecule has 6 heteroatoms. The highest BCUT2D eigenvalue weighted by atomic mass is 79.9. The Bertz CT molecular complexity index is 418. The third-order valence-electron chi connectivity index (χ3n) is 2.84. The highest BCUT2D eigenvalue weighted by Crippen LogP contribution is 2.38. The lowest BCUT2D eigenvalue weighted by Gasteiger charge is -2.16. The normalized spacial score (nSPS) is 22.1. The SMILES string of the molecule is CCCC1OC1CN([O])c1c(Br)cc(Br)cc1Br. The average Bonchev–Trinajstić information content (AvgIpc) is 2.94. The van der Waals surface area contributed by atoms with E-state index in [1.165, 1.54) is 0 Å². The number of anilines is 1. The smallest absolute Gasteiger partial charge is 0.104 e. The fourth-order valence-corrected chi connectivity index (χ4v) is 4.56. The van der Waals surface area contributed by atoms with Gasteiger partial charge in [-0.2, -0.15) is 0 Å². The molecule has 0 amide bonds. The van der Waals surface area contributed by atoms with E-state index in [2.05, 4.69) is 54.7 Å². The Labute approximate surface area is 132 Å². The molecule has 0 aliphatic carbocycles. The molecular weight excluding hydrogens is 430 g/mol. The molecule has 2 rings (SSSR count). The van der Waals surface area contributed by atoms with Crippen LogP contribution < -0.4 is 5.06 Å². The van der Waals surface area contributed by atoms with Crippen molar-refractivity contribution in [1.82, 2.24) is 0 Å². The summed E-state index contributed by atoms with van der Waals surface area (Å²) in [5, 5.41) is 13.1. The summed E-state index contributed by atoms with van der Waals surface area (Å²) in [6, 6.07) is 3.73. The van der Waals surface area contributed by atoms with Crippen LogP contribution in [0.25, 0.3) is 0 Å². The lowest BCUT2D eigenvalue weighted by Crippen LogP contribution is -2.23. The summed E-state index contributed by atoms with van der Waals surface area (Å²) < 4.78 is 7.93. The van der Waals surface area contributed by atoms with E-state index in [1.54, 1.807) is 0 Å². The quantitative estimate of drug-likeness (QED) is 0.489. The van der Waals surface area contributed by atoms with Gasteiger partial charge in [0.25, 0.3) is 0 Å². The Morgan fingerprint density at radius 2 is 1.83 bits per heavy atom. The monoisotopic (exact) mass is 440 g/mol. The highest BCUT2D eigenvalue weighted by molar-refractivity contribution is 9.11. The van der Waals surface area contributed by atoms with Gasteiger partial charge < -0.3 is 4.74 Å². The van der Waals surface area contributed by atoms with Gasteiger partial charge in [-0.3, -0.25) is 0 Å². The van der Waals surface area contributed by atoms with Crippen LogP contribution in [0.1, 0.15) is 19.8 Å². The number of benzene rings is 1. The first-order valence-corrected chi connectivity index (χ1v) is 8.15. The van der Waals surface area contributed by atoms with E-state index in [4.69, 9.17) is 4.74 Å². The molecule has 1 fully saturated rings. The molecule has 2 atom stereocenters. The summed E-state index contributed by atoms with van der Waals surface area (Å²) in [6.07, 6.45) is 2.46. The second-order valence-corrected chi connectivity index (χ2v) is 6.91. The van der Waals surface area contributed by atoms with Gasteiger partial charge in [-0.25, -0.2) is 5.06 Å². The zero-order valence-electron chi connectivity index (χ0n) is 9.83. The number of hydrogen-bond acceptors (Lipinski definition) is 2. The fourth-order valence-electron chi connectivity index (χ4n) is 1.91. The molecule has 18 heavy (non-hydrogen) atoms. The summed E-state index contributed by atoms with van der Waals surface area (Å²) in [6.45, 7) is 2.50. The van der Waals surface area contributed by atoms with Crippen LogP contribution in [-0.2, 0) is 9.94 Å². The first-order valence-electron chi connectivity index (χ1n) is 5.77. The summed E-state index contributed by atoms with van der Waals surface area (Å²) in [5.74, 6) is 0. The summed E-state index contributed by atoms with van der Waals surface area (Å²) in [5.41, 5.74) is 0.615. The van der Waals surface area contributed by atoms with Gasteiger partial charge in [0.2, 0.25) is 0 Å². The summed E-state index contributed by atoms with van der Waals surface area (Å²) in [4.78, 5) is 0. The van der Waals surface area contributed by atoms with Crippen LogP contribution >= 0.6 is 47.8 Å². The molecular formula is C12H13Br3NO2. The molecule has 0 aromatic heterocycles. The van der Waals surface area contributed by atoms with Crippen LogP contribution in [0, 0.1) is 0 Å². The lowest BCUT2D eigenvalue weighted by atomic mass is 10.2. The van der Waals surface area contributed by atoms with E-state index in [9.17, 15) is 5.21 Å². The first kappa shape index (κ1) is 14.8. The van der Waals surface area contributed by atoms with Crippen molar-refractivity contribution in [2.75, 3.05) is 11.6 Å². The molecule has 1 radical (unpaired) electrons. The lowest BCUT2D eigenvalue weighted by molar-refractivity contribution is 0.150. The van der Waals surface area contributed by atoms with Crippen LogP contribution in [0.3, 0.4) is 0 Å². The second-order valence-electron chi connectivity index (χ2n) is 4.28. The minimum atomic E-state index is 0.0740. The predicted octanol–water partition coefficient (Wildman–Crippen LogP) is 4.69. The number of ether oxygens (including phenoxy) is 1. The van der Waals surface area contributed by atoms with E-state index < -0.39 is 0 Å². The van der Waals surface area contributed by atoms with Crippen molar-refractivity contribution in [1.29, 1.82) is 0 Å². The molecule has 1 heterocycles. The molecule has 99 valence electrons. The first-order chi connectivity index (χ1) is 8.52. The molecule has 3 nitrogen and oxygen atoms in total. The van der Waals surface area contributed by atoms with Crippen molar-refractivity contribution in [2.24, 2.45) is 0 Å². The van der Waals surface area contributed by atoms with Crippen LogP contribution in [0.2, 0.25) is 0 Å². The molecule has 0 N–H and O–H groups in total. The van der Waals surface area contributed by atoms with Crippen LogP contribution in [0.15, 0.2) is 25.6 Å². The summed E-state index contributed by atoms with van der Waals surface area (Å²) in [7, 11) is 0. The van der Waals surface area contributed by atoms with Crippen molar-refractivity contribution in [3.8, 4) is 0 Å². The van der Waals surface area contributed by atoms with Crippen LogP contribution in [0.5, 0.6) is 0 Å². The molecule has 0 spiro atoms. The topological polar surface area (TPSA) is 35.7 Å². The number of hydroxylamine groups is 1. The zero-order chi connectivity index (χ0) is 13.3. The zero-order valence-corrected chi connectivity index (χ0v) is 14.6. The van der Waals surface area contributed by atoms with Gasteiger partial charge in [0, 0.05) is 13.4 Å². The molecule has 1 aliphatic rings. The average molecular weight is 443 g/mol. The maximum atomic E-state index is 12.2. The summed E-state index contributed by atoms with van der Waals surface area (Å²) >= 11 is 10.2. The minimum Gasteiger partial charge on any atom is -0.368 e.